The van der Waals surface area contributed by atoms with Gasteiger partial charge in [-0.3, -0.25) is 10.1 Å². The van der Waals surface area contributed by atoms with Crippen molar-refractivity contribution < 1.29 is 9.53 Å². The monoisotopic (exact) mass is 406 g/mol. The molecular formula is C19H16Cl2N2O2S. The van der Waals surface area contributed by atoms with Gasteiger partial charge in [0, 0.05) is 23.6 Å². The van der Waals surface area contributed by atoms with Crippen molar-refractivity contribution in [1.29, 1.82) is 0 Å². The molecule has 0 aliphatic carbocycles. The van der Waals surface area contributed by atoms with E-state index in [1.54, 1.807) is 24.4 Å². The minimum Gasteiger partial charge on any atom is -0.484 e. The summed E-state index contributed by atoms with van der Waals surface area (Å²) in [6.07, 6.45) is 2.56. The van der Waals surface area contributed by atoms with E-state index in [-0.39, 0.29) is 12.5 Å². The number of thiazole rings is 1. The summed E-state index contributed by atoms with van der Waals surface area (Å²) < 4.78 is 5.41. The fourth-order valence-electron chi connectivity index (χ4n) is 2.23. The molecule has 0 aliphatic heterocycles. The van der Waals surface area contributed by atoms with E-state index in [9.17, 15) is 4.79 Å². The van der Waals surface area contributed by atoms with E-state index >= 15 is 0 Å². The maximum absolute atomic E-state index is 12.0. The van der Waals surface area contributed by atoms with Gasteiger partial charge >= 0.3 is 0 Å². The molecule has 0 spiro atoms. The zero-order valence-corrected chi connectivity index (χ0v) is 16.3. The molecule has 0 aliphatic rings. The lowest BCUT2D eigenvalue weighted by molar-refractivity contribution is -0.118. The molecule has 0 unspecified atom stereocenters. The number of nitrogens with one attached hydrogen (secondary N) is 1. The van der Waals surface area contributed by atoms with E-state index in [0.29, 0.717) is 20.9 Å². The molecule has 0 saturated carbocycles. The predicted molar refractivity (Wildman–Crippen MR) is 107 cm³/mol. The summed E-state index contributed by atoms with van der Waals surface area (Å²) in [6.45, 7) is 1.93. The molecule has 2 aromatic carbocycles. The van der Waals surface area contributed by atoms with Crippen LogP contribution < -0.4 is 10.1 Å². The molecule has 134 valence electrons. The van der Waals surface area contributed by atoms with Crippen molar-refractivity contribution in [3.05, 3.63) is 74.7 Å². The summed E-state index contributed by atoms with van der Waals surface area (Å²) >= 11 is 13.2. The van der Waals surface area contributed by atoms with Gasteiger partial charge in [-0.05, 0) is 24.6 Å². The number of ether oxygens (including phenoxy) is 1. The second-order valence-corrected chi connectivity index (χ2v) is 7.64. The lowest BCUT2D eigenvalue weighted by Crippen LogP contribution is -2.19. The highest BCUT2D eigenvalue weighted by molar-refractivity contribution is 7.15. The van der Waals surface area contributed by atoms with Crippen LogP contribution in [0.25, 0.3) is 0 Å². The van der Waals surface area contributed by atoms with Crippen LogP contribution in [0.2, 0.25) is 10.0 Å². The molecule has 0 saturated heterocycles. The molecule has 1 heterocycles. The van der Waals surface area contributed by atoms with Crippen molar-refractivity contribution >= 4 is 45.6 Å². The van der Waals surface area contributed by atoms with Crippen LogP contribution in [0.5, 0.6) is 5.75 Å². The van der Waals surface area contributed by atoms with Gasteiger partial charge < -0.3 is 4.74 Å². The van der Waals surface area contributed by atoms with E-state index in [4.69, 9.17) is 27.9 Å². The molecule has 1 amide bonds. The Morgan fingerprint density at radius 3 is 2.65 bits per heavy atom. The van der Waals surface area contributed by atoms with Gasteiger partial charge in [-0.1, -0.05) is 53.0 Å². The Bertz CT molecular complexity index is 910. The molecule has 4 nitrogen and oxygen atoms in total. The summed E-state index contributed by atoms with van der Waals surface area (Å²) in [4.78, 5) is 17.3. The molecule has 0 radical (unpaired) electrons. The highest BCUT2D eigenvalue weighted by atomic mass is 35.5. The smallest absolute Gasteiger partial charge is 0.264 e. The average molecular weight is 407 g/mol. The largest absolute Gasteiger partial charge is 0.484 e. The second-order valence-electron chi connectivity index (χ2n) is 5.71. The normalized spacial score (nSPS) is 10.6. The predicted octanol–water partition coefficient (Wildman–Crippen LogP) is 5.37. The number of halogens is 2. The van der Waals surface area contributed by atoms with Gasteiger partial charge in [-0.15, -0.1) is 11.3 Å². The van der Waals surface area contributed by atoms with Crippen LogP contribution in [0.3, 0.4) is 0 Å². The van der Waals surface area contributed by atoms with Crippen molar-refractivity contribution in [3.63, 3.8) is 0 Å². The number of aromatic nitrogens is 1. The first kappa shape index (κ1) is 18.7. The third-order valence-electron chi connectivity index (χ3n) is 3.56. The second kappa shape index (κ2) is 8.54. The Labute approximate surface area is 165 Å². The van der Waals surface area contributed by atoms with E-state index in [1.807, 2.05) is 0 Å². The molecule has 3 rings (SSSR count). The van der Waals surface area contributed by atoms with Crippen molar-refractivity contribution in [3.8, 4) is 5.75 Å². The Kier molecular flexibility index (Phi) is 6.14. The molecule has 1 N–H and O–H groups in total. The number of aryl methyl sites for hydroxylation is 1. The van der Waals surface area contributed by atoms with Gasteiger partial charge in [-0.2, -0.15) is 0 Å². The van der Waals surface area contributed by atoms with Crippen molar-refractivity contribution in [2.45, 2.75) is 13.3 Å². The van der Waals surface area contributed by atoms with Crippen molar-refractivity contribution in [2.75, 3.05) is 11.9 Å². The number of anilines is 1. The zero-order chi connectivity index (χ0) is 18.5. The fourth-order valence-corrected chi connectivity index (χ4v) is 3.38. The Hall–Kier alpha value is -2.08. The quantitative estimate of drug-likeness (QED) is 0.598. The van der Waals surface area contributed by atoms with Crippen LogP contribution in [-0.2, 0) is 11.2 Å². The van der Waals surface area contributed by atoms with Crippen LogP contribution in [-0.4, -0.2) is 17.5 Å². The molecule has 0 fully saturated rings. The van der Waals surface area contributed by atoms with Crippen LogP contribution in [0.1, 0.15) is 16.0 Å². The van der Waals surface area contributed by atoms with Crippen LogP contribution in [0, 0.1) is 6.92 Å². The van der Waals surface area contributed by atoms with Gasteiger partial charge in [0.1, 0.15) is 5.75 Å². The molecule has 3 aromatic rings. The molecule has 7 heteroatoms. The number of hydrogen-bond donors (Lipinski definition) is 1. The van der Waals surface area contributed by atoms with Crippen LogP contribution in [0.15, 0.2) is 48.7 Å². The first-order chi connectivity index (χ1) is 12.5. The lowest BCUT2D eigenvalue weighted by atomic mass is 10.1. The van der Waals surface area contributed by atoms with Gasteiger partial charge in [0.2, 0.25) is 0 Å². The van der Waals surface area contributed by atoms with Gasteiger partial charge in [0.05, 0.1) is 10.0 Å². The van der Waals surface area contributed by atoms with Crippen LogP contribution in [0.4, 0.5) is 5.13 Å². The topological polar surface area (TPSA) is 51.2 Å². The summed E-state index contributed by atoms with van der Waals surface area (Å²) in [5.41, 5.74) is 2.44. The van der Waals surface area contributed by atoms with Crippen molar-refractivity contribution in [2.24, 2.45) is 0 Å². The third kappa shape index (κ3) is 5.21. The summed E-state index contributed by atoms with van der Waals surface area (Å²) in [5.74, 6) is 0.195. The zero-order valence-electron chi connectivity index (χ0n) is 14.0. The summed E-state index contributed by atoms with van der Waals surface area (Å²) in [6, 6.07) is 13.2. The van der Waals surface area contributed by atoms with Gasteiger partial charge in [-0.25, -0.2) is 4.98 Å². The molecule has 26 heavy (non-hydrogen) atoms. The fraction of sp³-hybridized carbons (Fsp3) is 0.158. The number of nitrogens with zero attached hydrogens (tertiary/aromatic N) is 1. The highest BCUT2D eigenvalue weighted by Crippen LogP contribution is 2.26. The number of rotatable bonds is 6. The lowest BCUT2D eigenvalue weighted by Gasteiger charge is -2.06. The minimum atomic E-state index is -0.285. The maximum atomic E-state index is 12.0. The average Bonchev–Trinajstić information content (AvgIpc) is 3.05. The molecule has 1 aromatic heterocycles. The Morgan fingerprint density at radius 2 is 1.92 bits per heavy atom. The molecular weight excluding hydrogens is 391 g/mol. The van der Waals surface area contributed by atoms with E-state index in [1.165, 1.54) is 22.5 Å². The Morgan fingerprint density at radius 1 is 1.15 bits per heavy atom. The summed E-state index contributed by atoms with van der Waals surface area (Å²) in [7, 11) is 0. The third-order valence-corrected chi connectivity index (χ3v) is 5.21. The first-order valence-corrected chi connectivity index (χ1v) is 9.45. The van der Waals surface area contributed by atoms with Gasteiger partial charge in [0.15, 0.2) is 11.7 Å². The molecule has 0 bridgehead atoms. The molecule has 0 atom stereocenters. The van der Waals surface area contributed by atoms with E-state index in [0.717, 1.165) is 11.3 Å². The number of amides is 1. The van der Waals surface area contributed by atoms with Gasteiger partial charge in [0.25, 0.3) is 5.91 Å². The SMILES string of the molecule is Cc1ccc(Cc2cnc(NC(=O)COc3ccc(Cl)c(Cl)c3)s2)cc1. The van der Waals surface area contributed by atoms with Crippen molar-refractivity contribution in [1.82, 2.24) is 4.98 Å². The number of carbonyl (C=O) groups is 1. The van der Waals surface area contributed by atoms with Crippen LogP contribution >= 0.6 is 34.5 Å². The van der Waals surface area contributed by atoms with E-state index < -0.39 is 0 Å². The standard InChI is InChI=1S/C19H16Cl2N2O2S/c1-12-2-4-13(5-3-12)8-15-10-22-19(26-15)23-18(24)11-25-14-6-7-16(20)17(21)9-14/h2-7,9-10H,8,11H2,1H3,(H,22,23,24). The highest BCUT2D eigenvalue weighted by Gasteiger charge is 2.09. The first-order valence-electron chi connectivity index (χ1n) is 7.87. The maximum Gasteiger partial charge on any atom is 0.264 e. The summed E-state index contributed by atoms with van der Waals surface area (Å²) in [5, 5.41) is 4.11. The number of carbonyl (C=O) groups excluding carboxylic acids is 1. The van der Waals surface area contributed by atoms with E-state index in [2.05, 4.69) is 41.5 Å². The minimum absolute atomic E-state index is 0.134. The number of hydrogen-bond acceptors (Lipinski definition) is 4. The Balaban J connectivity index is 1.52. The number of benzene rings is 2.